The molecule has 4 nitrogen and oxygen atoms in total. The molecule has 0 aliphatic carbocycles. The molecule has 0 radical (unpaired) electrons. The lowest BCUT2D eigenvalue weighted by Crippen LogP contribution is -2.29. The lowest BCUT2D eigenvalue weighted by atomic mass is 10.00. The average Bonchev–Trinajstić information content (AvgIpc) is 2.69. The first kappa shape index (κ1) is 12.1. The second kappa shape index (κ2) is 4.87. The van der Waals surface area contributed by atoms with E-state index in [0.717, 1.165) is 21.7 Å². The molecule has 1 aromatic heterocycles. The molecule has 0 fully saturated rings. The van der Waals surface area contributed by atoms with Crippen LogP contribution in [0, 0.1) is 19.7 Å². The minimum Gasteiger partial charge on any atom is -0.271 e. The number of nitrogens with zero attached hydrogens (tertiary/aromatic N) is 2. The number of nitrogens with one attached hydrogen (secondary N) is 1. The van der Waals surface area contributed by atoms with Gasteiger partial charge in [-0.15, -0.1) is 5.10 Å². The number of aryl methyl sites for hydroxylation is 2. The highest BCUT2D eigenvalue weighted by atomic mass is 32.1. The van der Waals surface area contributed by atoms with E-state index in [1.165, 1.54) is 23.7 Å². The molecule has 3 N–H and O–H groups in total. The number of benzene rings is 1. The summed E-state index contributed by atoms with van der Waals surface area (Å²) in [5.74, 6) is 5.33. The molecule has 2 aromatic rings. The van der Waals surface area contributed by atoms with E-state index in [4.69, 9.17) is 5.84 Å². The van der Waals surface area contributed by atoms with Crippen LogP contribution in [-0.4, -0.2) is 9.59 Å². The number of nitrogens with two attached hydrogens (primary N) is 1. The van der Waals surface area contributed by atoms with Crippen LogP contribution in [-0.2, 0) is 0 Å². The smallest absolute Gasteiger partial charge is 0.123 e. The predicted molar refractivity (Wildman–Crippen MR) is 64.9 cm³/mol. The maximum Gasteiger partial charge on any atom is 0.123 e. The number of hydrogen-bond donors (Lipinski definition) is 2. The molecule has 0 aliphatic rings. The fourth-order valence-electron chi connectivity index (χ4n) is 1.77. The Hall–Kier alpha value is -1.37. The van der Waals surface area contributed by atoms with E-state index in [1.807, 2.05) is 13.8 Å². The third kappa shape index (κ3) is 2.33. The molecule has 0 spiro atoms. The summed E-state index contributed by atoms with van der Waals surface area (Å²) < 4.78 is 16.9. The number of hydrazine groups is 1. The molecule has 1 atom stereocenters. The van der Waals surface area contributed by atoms with Crippen molar-refractivity contribution in [3.8, 4) is 0 Å². The largest absolute Gasteiger partial charge is 0.271 e. The van der Waals surface area contributed by atoms with Gasteiger partial charge in [-0.2, -0.15) is 0 Å². The Labute approximate surface area is 103 Å². The molecule has 0 bridgehead atoms. The van der Waals surface area contributed by atoms with Gasteiger partial charge in [-0.3, -0.25) is 5.84 Å². The normalized spacial score (nSPS) is 12.7. The fourth-order valence-corrected chi connectivity index (χ4v) is 2.50. The molecular weight excluding hydrogens is 239 g/mol. The summed E-state index contributed by atoms with van der Waals surface area (Å²) in [5, 5.41) is 3.96. The minimum atomic E-state index is -0.249. The Bertz CT molecular complexity index is 526. The topological polar surface area (TPSA) is 63.8 Å². The van der Waals surface area contributed by atoms with Crippen molar-refractivity contribution in [3.05, 3.63) is 45.7 Å². The summed E-state index contributed by atoms with van der Waals surface area (Å²) in [6.07, 6.45) is 0. The molecular formula is C11H13FN4S. The summed E-state index contributed by atoms with van der Waals surface area (Å²) in [4.78, 5) is 0.946. The second-order valence-electron chi connectivity index (χ2n) is 3.82. The number of rotatable bonds is 3. The van der Waals surface area contributed by atoms with Crippen LogP contribution in [0.2, 0.25) is 0 Å². The van der Waals surface area contributed by atoms with Crippen LogP contribution in [0.5, 0.6) is 0 Å². The summed E-state index contributed by atoms with van der Waals surface area (Å²) in [5.41, 5.74) is 5.35. The Morgan fingerprint density at radius 1 is 1.41 bits per heavy atom. The summed E-state index contributed by atoms with van der Waals surface area (Å²) >= 11 is 1.29. The van der Waals surface area contributed by atoms with E-state index < -0.39 is 0 Å². The van der Waals surface area contributed by atoms with Crippen LogP contribution in [0.25, 0.3) is 0 Å². The Morgan fingerprint density at radius 3 is 2.71 bits per heavy atom. The molecule has 2 rings (SSSR count). The Balaban J connectivity index is 2.46. The van der Waals surface area contributed by atoms with Gasteiger partial charge in [0.05, 0.1) is 16.6 Å². The van der Waals surface area contributed by atoms with Gasteiger partial charge in [0.1, 0.15) is 5.82 Å². The summed E-state index contributed by atoms with van der Waals surface area (Å²) in [7, 11) is 0. The molecule has 1 aromatic carbocycles. The van der Waals surface area contributed by atoms with Crippen LogP contribution < -0.4 is 11.3 Å². The van der Waals surface area contributed by atoms with Gasteiger partial charge in [0.15, 0.2) is 0 Å². The van der Waals surface area contributed by atoms with Gasteiger partial charge >= 0.3 is 0 Å². The molecule has 0 aliphatic heterocycles. The lowest BCUT2D eigenvalue weighted by molar-refractivity contribution is 0.614. The van der Waals surface area contributed by atoms with Gasteiger partial charge < -0.3 is 0 Å². The van der Waals surface area contributed by atoms with Crippen LogP contribution in [0.4, 0.5) is 4.39 Å². The minimum absolute atomic E-state index is 0.199. The quantitative estimate of drug-likeness (QED) is 0.646. The van der Waals surface area contributed by atoms with Crippen molar-refractivity contribution >= 4 is 11.5 Å². The van der Waals surface area contributed by atoms with E-state index in [1.54, 1.807) is 6.07 Å². The van der Waals surface area contributed by atoms with Gasteiger partial charge in [0, 0.05) is 0 Å². The monoisotopic (exact) mass is 252 g/mol. The zero-order chi connectivity index (χ0) is 12.4. The highest BCUT2D eigenvalue weighted by Gasteiger charge is 2.19. The van der Waals surface area contributed by atoms with Crippen molar-refractivity contribution in [1.29, 1.82) is 0 Å². The summed E-state index contributed by atoms with van der Waals surface area (Å²) in [6, 6.07) is 4.45. The highest BCUT2D eigenvalue weighted by molar-refractivity contribution is 7.05. The van der Waals surface area contributed by atoms with Gasteiger partial charge in [0.25, 0.3) is 0 Å². The average molecular weight is 252 g/mol. The zero-order valence-electron chi connectivity index (χ0n) is 9.57. The van der Waals surface area contributed by atoms with Crippen molar-refractivity contribution in [1.82, 2.24) is 15.0 Å². The number of aromatic nitrogens is 2. The van der Waals surface area contributed by atoms with Crippen molar-refractivity contribution in [2.75, 3.05) is 0 Å². The number of halogens is 1. The molecule has 6 heteroatoms. The molecule has 0 amide bonds. The molecule has 1 unspecified atom stereocenters. The van der Waals surface area contributed by atoms with Gasteiger partial charge in [-0.25, -0.2) is 9.82 Å². The maximum absolute atomic E-state index is 13.1. The first-order valence-corrected chi connectivity index (χ1v) is 5.92. The molecule has 17 heavy (non-hydrogen) atoms. The highest BCUT2D eigenvalue weighted by Crippen LogP contribution is 2.28. The van der Waals surface area contributed by atoms with E-state index in [-0.39, 0.29) is 11.9 Å². The van der Waals surface area contributed by atoms with E-state index >= 15 is 0 Å². The standard InChI is InChI=1S/C11H13FN4S/c1-6-5-8(12)3-4-9(6)10(14-13)11-7(2)15-16-17-11/h3-5,10,14H,13H2,1-2H3. The summed E-state index contributed by atoms with van der Waals surface area (Å²) in [6.45, 7) is 3.73. The van der Waals surface area contributed by atoms with E-state index in [9.17, 15) is 4.39 Å². The SMILES string of the molecule is Cc1cc(F)ccc1C(NN)c1snnc1C. The first-order chi connectivity index (χ1) is 8.13. The molecule has 0 saturated carbocycles. The maximum atomic E-state index is 13.1. The predicted octanol–water partition coefficient (Wildman–Crippen LogP) is 1.85. The van der Waals surface area contributed by atoms with Crippen molar-refractivity contribution in [2.24, 2.45) is 5.84 Å². The van der Waals surface area contributed by atoms with Crippen molar-refractivity contribution < 1.29 is 4.39 Å². The van der Waals surface area contributed by atoms with E-state index in [0.29, 0.717) is 0 Å². The Kier molecular flexibility index (Phi) is 3.46. The Morgan fingerprint density at radius 2 is 2.18 bits per heavy atom. The van der Waals surface area contributed by atoms with Crippen LogP contribution in [0.15, 0.2) is 18.2 Å². The van der Waals surface area contributed by atoms with Gasteiger partial charge in [0.2, 0.25) is 0 Å². The van der Waals surface area contributed by atoms with Crippen molar-refractivity contribution in [3.63, 3.8) is 0 Å². The molecule has 1 heterocycles. The number of hydrogen-bond acceptors (Lipinski definition) is 5. The van der Waals surface area contributed by atoms with Crippen LogP contribution in [0.1, 0.15) is 27.7 Å². The zero-order valence-corrected chi connectivity index (χ0v) is 10.4. The third-order valence-corrected chi connectivity index (χ3v) is 3.55. The fraction of sp³-hybridized carbons (Fsp3) is 0.273. The molecule has 90 valence electrons. The van der Waals surface area contributed by atoms with Crippen LogP contribution >= 0.6 is 11.5 Å². The van der Waals surface area contributed by atoms with Crippen LogP contribution in [0.3, 0.4) is 0 Å². The second-order valence-corrected chi connectivity index (χ2v) is 4.61. The lowest BCUT2D eigenvalue weighted by Gasteiger charge is -2.17. The third-order valence-electron chi connectivity index (χ3n) is 2.66. The van der Waals surface area contributed by atoms with Crippen molar-refractivity contribution in [2.45, 2.75) is 19.9 Å². The van der Waals surface area contributed by atoms with Gasteiger partial charge in [-0.05, 0) is 48.6 Å². The van der Waals surface area contributed by atoms with Gasteiger partial charge in [-0.1, -0.05) is 10.6 Å². The first-order valence-electron chi connectivity index (χ1n) is 5.14. The van der Waals surface area contributed by atoms with E-state index in [2.05, 4.69) is 15.0 Å². The molecule has 0 saturated heterocycles.